The number of carbonyl (C=O) groups excluding carboxylic acids is 2. The second kappa shape index (κ2) is 13.3. The molecule has 10 heteroatoms. The lowest BCUT2D eigenvalue weighted by Crippen LogP contribution is -2.52. The molecule has 4 rings (SSSR count). The molecule has 2 fully saturated rings. The van der Waals surface area contributed by atoms with Crippen LogP contribution in [0.3, 0.4) is 0 Å². The molecule has 0 spiro atoms. The first kappa shape index (κ1) is 26.7. The number of ether oxygens (including phenoxy) is 4. The topological polar surface area (TPSA) is 92.8 Å². The van der Waals surface area contributed by atoms with Crippen molar-refractivity contribution in [1.82, 2.24) is 14.7 Å². The Labute approximate surface area is 218 Å². The molecular formula is C27H36N4O6. The maximum atomic E-state index is 13.7. The molecule has 0 aliphatic carbocycles. The van der Waals surface area contributed by atoms with Gasteiger partial charge in [0, 0.05) is 50.5 Å². The molecule has 37 heavy (non-hydrogen) atoms. The van der Waals surface area contributed by atoms with Crippen LogP contribution in [0, 0.1) is 0 Å². The van der Waals surface area contributed by atoms with Gasteiger partial charge in [0.15, 0.2) is 11.5 Å². The van der Waals surface area contributed by atoms with Crippen LogP contribution in [-0.4, -0.2) is 113 Å². The van der Waals surface area contributed by atoms with Gasteiger partial charge in [0.25, 0.3) is 5.91 Å². The lowest BCUT2D eigenvalue weighted by Gasteiger charge is -2.36. The van der Waals surface area contributed by atoms with Gasteiger partial charge in [0.05, 0.1) is 46.7 Å². The van der Waals surface area contributed by atoms with Crippen LogP contribution in [0.2, 0.25) is 0 Å². The van der Waals surface area contributed by atoms with E-state index in [0.29, 0.717) is 63.1 Å². The summed E-state index contributed by atoms with van der Waals surface area (Å²) in [4.78, 5) is 32.3. The van der Waals surface area contributed by atoms with E-state index < -0.39 is 0 Å². The highest BCUT2D eigenvalue weighted by molar-refractivity contribution is 5.95. The van der Waals surface area contributed by atoms with E-state index in [1.54, 1.807) is 42.2 Å². The summed E-state index contributed by atoms with van der Waals surface area (Å²) in [6.07, 6.45) is -0.302. The van der Waals surface area contributed by atoms with Crippen LogP contribution in [0.4, 0.5) is 10.5 Å². The zero-order chi connectivity index (χ0) is 26.0. The quantitative estimate of drug-likeness (QED) is 0.552. The van der Waals surface area contributed by atoms with Crippen LogP contribution in [0.1, 0.15) is 10.4 Å². The van der Waals surface area contributed by atoms with Crippen LogP contribution in [0.25, 0.3) is 0 Å². The van der Waals surface area contributed by atoms with Gasteiger partial charge in [-0.25, -0.2) is 4.79 Å². The number of urea groups is 1. The van der Waals surface area contributed by atoms with Crippen molar-refractivity contribution in [1.29, 1.82) is 0 Å². The van der Waals surface area contributed by atoms with Crippen molar-refractivity contribution < 1.29 is 28.5 Å². The highest BCUT2D eigenvalue weighted by Crippen LogP contribution is 2.28. The molecule has 2 aromatic rings. The first-order chi connectivity index (χ1) is 18.1. The number of methoxy groups -OCH3 is 2. The SMILES string of the molecule is COc1ccc(C(=O)N(CCN2CCOCC2)C[C@@H]2CN(C(=O)Nc3ccccc3)CCO2)cc1OC. The van der Waals surface area contributed by atoms with Crippen molar-refractivity contribution in [3.05, 3.63) is 54.1 Å². The van der Waals surface area contributed by atoms with E-state index in [2.05, 4.69) is 10.2 Å². The lowest BCUT2D eigenvalue weighted by atomic mass is 10.1. The summed E-state index contributed by atoms with van der Waals surface area (Å²) in [5.74, 6) is 0.942. The zero-order valence-corrected chi connectivity index (χ0v) is 21.6. The van der Waals surface area contributed by atoms with Gasteiger partial charge < -0.3 is 34.1 Å². The fourth-order valence-corrected chi connectivity index (χ4v) is 4.50. The predicted octanol–water partition coefficient (Wildman–Crippen LogP) is 2.41. The van der Waals surface area contributed by atoms with Crippen molar-refractivity contribution in [3.63, 3.8) is 0 Å². The normalized spacial score (nSPS) is 18.2. The van der Waals surface area contributed by atoms with E-state index in [-0.39, 0.29) is 18.0 Å². The minimum Gasteiger partial charge on any atom is -0.493 e. The molecule has 0 saturated carbocycles. The Morgan fingerprint density at radius 2 is 1.76 bits per heavy atom. The zero-order valence-electron chi connectivity index (χ0n) is 21.6. The molecule has 2 aromatic carbocycles. The molecular weight excluding hydrogens is 476 g/mol. The number of benzene rings is 2. The molecule has 1 N–H and O–H groups in total. The first-order valence-corrected chi connectivity index (χ1v) is 12.6. The fourth-order valence-electron chi connectivity index (χ4n) is 4.50. The standard InChI is InChI=1S/C27H36N4O6/c1-34-24-9-8-21(18-25(24)35-2)26(32)30(11-10-29-12-15-36-16-13-29)19-23-20-31(14-17-37-23)27(33)28-22-6-4-3-5-7-22/h3-9,18,23H,10-17,19-20H2,1-2H3,(H,28,33)/t23-/m1/s1. The van der Waals surface area contributed by atoms with E-state index in [0.717, 1.165) is 25.3 Å². The number of hydrogen-bond acceptors (Lipinski definition) is 7. The van der Waals surface area contributed by atoms with E-state index in [4.69, 9.17) is 18.9 Å². The maximum absolute atomic E-state index is 13.7. The number of nitrogens with zero attached hydrogens (tertiary/aromatic N) is 3. The number of rotatable bonds is 9. The molecule has 10 nitrogen and oxygen atoms in total. The van der Waals surface area contributed by atoms with E-state index in [9.17, 15) is 9.59 Å². The number of anilines is 1. The minimum atomic E-state index is -0.302. The highest BCUT2D eigenvalue weighted by Gasteiger charge is 2.29. The fraction of sp³-hybridized carbons (Fsp3) is 0.481. The highest BCUT2D eigenvalue weighted by atomic mass is 16.5. The molecule has 0 bridgehead atoms. The number of morpholine rings is 2. The molecule has 0 unspecified atom stereocenters. The second-order valence-corrected chi connectivity index (χ2v) is 9.01. The molecule has 0 radical (unpaired) electrons. The summed E-state index contributed by atoms with van der Waals surface area (Å²) in [5, 5.41) is 2.93. The largest absolute Gasteiger partial charge is 0.493 e. The summed E-state index contributed by atoms with van der Waals surface area (Å²) in [6, 6.07) is 14.4. The summed E-state index contributed by atoms with van der Waals surface area (Å²) < 4.78 is 22.2. The van der Waals surface area contributed by atoms with Gasteiger partial charge in [0.1, 0.15) is 0 Å². The first-order valence-electron chi connectivity index (χ1n) is 12.6. The number of hydrogen-bond donors (Lipinski definition) is 1. The molecule has 2 heterocycles. The monoisotopic (exact) mass is 512 g/mol. The summed E-state index contributed by atoms with van der Waals surface area (Å²) in [6.45, 7) is 6.00. The van der Waals surface area contributed by atoms with Crippen molar-refractivity contribution in [3.8, 4) is 11.5 Å². The van der Waals surface area contributed by atoms with Crippen molar-refractivity contribution in [2.75, 3.05) is 85.2 Å². The molecule has 2 aliphatic heterocycles. The summed E-state index contributed by atoms with van der Waals surface area (Å²) in [7, 11) is 3.11. The number of amides is 3. The lowest BCUT2D eigenvalue weighted by molar-refractivity contribution is -0.0282. The third-order valence-electron chi connectivity index (χ3n) is 6.58. The van der Waals surface area contributed by atoms with Gasteiger partial charge >= 0.3 is 6.03 Å². The van der Waals surface area contributed by atoms with Crippen molar-refractivity contribution in [2.24, 2.45) is 0 Å². The average molecular weight is 513 g/mol. The van der Waals surface area contributed by atoms with Crippen molar-refractivity contribution >= 4 is 17.6 Å². The molecule has 2 saturated heterocycles. The Morgan fingerprint density at radius 3 is 2.49 bits per heavy atom. The Balaban J connectivity index is 1.44. The predicted molar refractivity (Wildman–Crippen MR) is 139 cm³/mol. The van der Waals surface area contributed by atoms with Gasteiger partial charge in [-0.3, -0.25) is 9.69 Å². The van der Waals surface area contributed by atoms with Gasteiger partial charge in [-0.05, 0) is 30.3 Å². The number of carbonyl (C=O) groups is 2. The van der Waals surface area contributed by atoms with E-state index in [1.807, 2.05) is 30.3 Å². The Bertz CT molecular complexity index is 1030. The van der Waals surface area contributed by atoms with Gasteiger partial charge in [-0.1, -0.05) is 18.2 Å². The minimum absolute atomic E-state index is 0.122. The van der Waals surface area contributed by atoms with Crippen molar-refractivity contribution in [2.45, 2.75) is 6.10 Å². The molecule has 3 amide bonds. The van der Waals surface area contributed by atoms with Crippen LogP contribution < -0.4 is 14.8 Å². The van der Waals surface area contributed by atoms with Crippen LogP contribution in [-0.2, 0) is 9.47 Å². The van der Waals surface area contributed by atoms with Crippen LogP contribution in [0.5, 0.6) is 11.5 Å². The van der Waals surface area contributed by atoms with E-state index in [1.165, 1.54) is 0 Å². The molecule has 2 aliphatic rings. The maximum Gasteiger partial charge on any atom is 0.322 e. The summed E-state index contributed by atoms with van der Waals surface area (Å²) in [5.41, 5.74) is 1.25. The summed E-state index contributed by atoms with van der Waals surface area (Å²) >= 11 is 0. The third-order valence-corrected chi connectivity index (χ3v) is 6.58. The smallest absolute Gasteiger partial charge is 0.322 e. The number of nitrogens with one attached hydrogen (secondary N) is 1. The Morgan fingerprint density at radius 1 is 1.00 bits per heavy atom. The molecule has 1 atom stereocenters. The van der Waals surface area contributed by atoms with Crippen LogP contribution >= 0.6 is 0 Å². The number of para-hydroxylation sites is 1. The Kier molecular flexibility index (Phi) is 9.58. The van der Waals surface area contributed by atoms with Gasteiger partial charge in [-0.15, -0.1) is 0 Å². The van der Waals surface area contributed by atoms with E-state index >= 15 is 0 Å². The van der Waals surface area contributed by atoms with Crippen LogP contribution in [0.15, 0.2) is 48.5 Å². The molecule has 0 aromatic heterocycles. The Hall–Kier alpha value is -3.34. The van der Waals surface area contributed by atoms with Gasteiger partial charge in [0.2, 0.25) is 0 Å². The second-order valence-electron chi connectivity index (χ2n) is 9.01. The van der Waals surface area contributed by atoms with Gasteiger partial charge in [-0.2, -0.15) is 0 Å². The average Bonchev–Trinajstić information content (AvgIpc) is 2.95. The third kappa shape index (κ3) is 7.34. The molecule has 200 valence electrons.